The van der Waals surface area contributed by atoms with Gasteiger partial charge in [-0.15, -0.1) is 0 Å². The fraction of sp³-hybridized carbons (Fsp3) is 0.0870. The number of aromatic carboxylic acids is 1. The van der Waals surface area contributed by atoms with Crippen LogP contribution in [0.3, 0.4) is 0 Å². The van der Waals surface area contributed by atoms with E-state index >= 15 is 0 Å². The van der Waals surface area contributed by atoms with Gasteiger partial charge in [-0.1, -0.05) is 12.1 Å². The van der Waals surface area contributed by atoms with E-state index in [-0.39, 0.29) is 23.0 Å². The first-order chi connectivity index (χ1) is 14.5. The normalized spacial score (nSPS) is 22.1. The monoisotopic (exact) mass is 400 g/mol. The third-order valence-electron chi connectivity index (χ3n) is 5.33. The number of fused-ring (bicyclic) bond motifs is 2. The standard InChI is InChI=1S/C23H16N2O5/c26-14-2-5-17-20(10-14)30-21-11-15(27)3-6-18(21)22(17)16-4-1-13(9-19(16)23(28)29)25-8-7-24-12-25/h1-12,17,20,26H,(H,28,29). The number of rotatable bonds is 3. The summed E-state index contributed by atoms with van der Waals surface area (Å²) in [6.07, 6.45) is 13.8. The number of aliphatic hydroxyl groups is 1. The number of benzene rings is 1. The van der Waals surface area contributed by atoms with E-state index in [2.05, 4.69) is 4.98 Å². The van der Waals surface area contributed by atoms with Crippen LogP contribution < -0.4 is 0 Å². The van der Waals surface area contributed by atoms with Crippen LogP contribution in [0.15, 0.2) is 90.5 Å². The third-order valence-corrected chi connectivity index (χ3v) is 5.33. The lowest BCUT2D eigenvalue weighted by Crippen LogP contribution is -2.31. The Bertz CT molecular complexity index is 1230. The molecule has 7 heteroatoms. The number of nitrogens with zero attached hydrogens (tertiary/aromatic N) is 2. The average Bonchev–Trinajstić information content (AvgIpc) is 3.26. The highest BCUT2D eigenvalue weighted by atomic mass is 16.5. The number of allylic oxidation sites excluding steroid dienone is 4. The zero-order valence-electron chi connectivity index (χ0n) is 15.6. The summed E-state index contributed by atoms with van der Waals surface area (Å²) in [4.78, 5) is 28.1. The minimum Gasteiger partial charge on any atom is -0.508 e. The molecule has 1 aromatic heterocycles. The number of aromatic nitrogens is 2. The van der Waals surface area contributed by atoms with Crippen molar-refractivity contribution in [2.45, 2.75) is 6.10 Å². The lowest BCUT2D eigenvalue weighted by Gasteiger charge is -2.36. The molecule has 0 spiro atoms. The second-order valence-corrected chi connectivity index (χ2v) is 7.14. The minimum absolute atomic E-state index is 0.0613. The Morgan fingerprint density at radius 2 is 2.07 bits per heavy atom. The van der Waals surface area contributed by atoms with E-state index in [4.69, 9.17) is 4.74 Å². The Morgan fingerprint density at radius 1 is 1.20 bits per heavy atom. The van der Waals surface area contributed by atoms with Gasteiger partial charge >= 0.3 is 5.97 Å². The predicted molar refractivity (Wildman–Crippen MR) is 108 cm³/mol. The molecule has 2 atom stereocenters. The molecule has 0 bridgehead atoms. The number of aliphatic hydroxyl groups excluding tert-OH is 1. The Kier molecular flexibility index (Phi) is 4.03. The van der Waals surface area contributed by atoms with E-state index in [9.17, 15) is 19.8 Å². The van der Waals surface area contributed by atoms with Gasteiger partial charge in [0.1, 0.15) is 17.6 Å². The molecular formula is C23H16N2O5. The van der Waals surface area contributed by atoms with Crippen LogP contribution in [0.4, 0.5) is 0 Å². The molecule has 0 amide bonds. The van der Waals surface area contributed by atoms with Gasteiger partial charge in [-0.25, -0.2) is 9.78 Å². The van der Waals surface area contributed by atoms with Crippen molar-refractivity contribution in [3.63, 3.8) is 0 Å². The maximum Gasteiger partial charge on any atom is 0.336 e. The van der Waals surface area contributed by atoms with E-state index in [1.807, 2.05) is 6.07 Å². The summed E-state index contributed by atoms with van der Waals surface area (Å²) in [5, 5.41) is 19.9. The molecule has 2 unspecified atom stereocenters. The van der Waals surface area contributed by atoms with Crippen LogP contribution in [0.5, 0.6) is 0 Å². The lowest BCUT2D eigenvalue weighted by atomic mass is 9.77. The smallest absolute Gasteiger partial charge is 0.336 e. The van der Waals surface area contributed by atoms with Gasteiger partial charge in [0.2, 0.25) is 0 Å². The van der Waals surface area contributed by atoms with Crippen molar-refractivity contribution in [2.24, 2.45) is 5.92 Å². The maximum absolute atomic E-state index is 12.2. The number of hydrogen-bond donors (Lipinski definition) is 2. The summed E-state index contributed by atoms with van der Waals surface area (Å²) >= 11 is 0. The molecule has 5 rings (SSSR count). The van der Waals surface area contributed by atoms with Gasteiger partial charge in [-0.2, -0.15) is 0 Å². The molecule has 0 saturated carbocycles. The third kappa shape index (κ3) is 2.88. The van der Waals surface area contributed by atoms with Crippen molar-refractivity contribution >= 4 is 17.3 Å². The van der Waals surface area contributed by atoms with Crippen LogP contribution in [0.1, 0.15) is 15.9 Å². The molecule has 7 nitrogen and oxygen atoms in total. The molecule has 3 aliphatic rings. The van der Waals surface area contributed by atoms with Gasteiger partial charge in [-0.3, -0.25) is 4.79 Å². The molecule has 148 valence electrons. The molecule has 2 N–H and O–H groups in total. The van der Waals surface area contributed by atoms with Crippen LogP contribution >= 0.6 is 0 Å². The Hall–Kier alpha value is -4.13. The summed E-state index contributed by atoms with van der Waals surface area (Å²) in [7, 11) is 0. The van der Waals surface area contributed by atoms with Crippen LogP contribution in [0.25, 0.3) is 11.3 Å². The molecule has 0 radical (unpaired) electrons. The van der Waals surface area contributed by atoms with Gasteiger partial charge in [0.05, 0.1) is 11.9 Å². The Morgan fingerprint density at radius 3 is 2.83 bits per heavy atom. The van der Waals surface area contributed by atoms with E-state index in [0.29, 0.717) is 22.6 Å². The molecule has 2 aliphatic carbocycles. The highest BCUT2D eigenvalue weighted by Gasteiger charge is 2.37. The van der Waals surface area contributed by atoms with Crippen LogP contribution in [-0.4, -0.2) is 37.6 Å². The number of carbonyl (C=O) groups is 2. The molecule has 0 saturated heterocycles. The molecule has 1 aromatic carbocycles. The van der Waals surface area contributed by atoms with E-state index < -0.39 is 12.1 Å². The first kappa shape index (κ1) is 17.9. The minimum atomic E-state index is -1.07. The van der Waals surface area contributed by atoms with E-state index in [0.717, 1.165) is 5.57 Å². The number of imidazole rings is 1. The summed E-state index contributed by atoms with van der Waals surface area (Å²) < 4.78 is 7.68. The zero-order valence-corrected chi connectivity index (χ0v) is 15.6. The number of ether oxygens (including phenoxy) is 1. The first-order valence-electron chi connectivity index (χ1n) is 9.31. The van der Waals surface area contributed by atoms with Crippen LogP contribution in [0.2, 0.25) is 0 Å². The zero-order chi connectivity index (χ0) is 20.8. The van der Waals surface area contributed by atoms with Crippen molar-refractivity contribution in [1.82, 2.24) is 9.55 Å². The van der Waals surface area contributed by atoms with Crippen molar-refractivity contribution in [3.05, 3.63) is 102 Å². The van der Waals surface area contributed by atoms with Crippen molar-refractivity contribution in [1.29, 1.82) is 0 Å². The summed E-state index contributed by atoms with van der Waals surface area (Å²) in [5.41, 5.74) is 2.72. The summed E-state index contributed by atoms with van der Waals surface area (Å²) in [6, 6.07) is 5.18. The Balaban J connectivity index is 1.74. The van der Waals surface area contributed by atoms with Crippen molar-refractivity contribution in [2.75, 3.05) is 0 Å². The van der Waals surface area contributed by atoms with Gasteiger partial charge in [0.25, 0.3) is 0 Å². The topological polar surface area (TPSA) is 102 Å². The molecule has 1 aliphatic heterocycles. The second-order valence-electron chi connectivity index (χ2n) is 7.14. The van der Waals surface area contributed by atoms with E-state index in [1.165, 1.54) is 12.2 Å². The lowest BCUT2D eigenvalue weighted by molar-refractivity contribution is -0.110. The molecule has 2 aromatic rings. The number of hydrogen-bond acceptors (Lipinski definition) is 5. The highest BCUT2D eigenvalue weighted by molar-refractivity contribution is 6.04. The van der Waals surface area contributed by atoms with Crippen molar-refractivity contribution in [3.8, 4) is 5.69 Å². The average molecular weight is 400 g/mol. The summed E-state index contributed by atoms with van der Waals surface area (Å²) in [5.74, 6) is -1.16. The quantitative estimate of drug-likeness (QED) is 0.819. The van der Waals surface area contributed by atoms with Crippen LogP contribution in [-0.2, 0) is 9.53 Å². The Labute approximate surface area is 171 Å². The first-order valence-corrected chi connectivity index (χ1v) is 9.31. The molecular weight excluding hydrogens is 384 g/mol. The number of ketones is 1. The highest BCUT2D eigenvalue weighted by Crippen LogP contribution is 2.44. The number of carbonyl (C=O) groups excluding carboxylic acids is 1. The SMILES string of the molecule is O=C1C=CC2=C(c3ccc(-n4ccnc4)cc3C(=O)O)C3C=CC(O)=CC3OC2=C1. The molecule has 2 heterocycles. The van der Waals surface area contributed by atoms with Crippen LogP contribution in [0, 0.1) is 5.92 Å². The number of carboxylic acid groups (broad SMARTS) is 1. The molecule has 30 heavy (non-hydrogen) atoms. The largest absolute Gasteiger partial charge is 0.508 e. The van der Waals surface area contributed by atoms with E-state index in [1.54, 1.807) is 59.7 Å². The van der Waals surface area contributed by atoms with Gasteiger partial charge in [0, 0.05) is 35.6 Å². The maximum atomic E-state index is 12.2. The summed E-state index contributed by atoms with van der Waals surface area (Å²) in [6.45, 7) is 0. The van der Waals surface area contributed by atoms with Gasteiger partial charge in [-0.05, 0) is 47.6 Å². The van der Waals surface area contributed by atoms with Gasteiger partial charge in [0.15, 0.2) is 5.78 Å². The fourth-order valence-corrected chi connectivity index (χ4v) is 4.00. The van der Waals surface area contributed by atoms with Crippen molar-refractivity contribution < 1.29 is 24.5 Å². The predicted octanol–water partition coefficient (Wildman–Crippen LogP) is 3.37. The number of carboxylic acids is 1. The molecule has 0 fully saturated rings. The second kappa shape index (κ2) is 6.73. The van der Waals surface area contributed by atoms with Gasteiger partial charge < -0.3 is 19.5 Å². The fourth-order valence-electron chi connectivity index (χ4n) is 4.00.